The Hall–Kier alpha value is -1.47. The van der Waals surface area contributed by atoms with E-state index >= 15 is 0 Å². The van der Waals surface area contributed by atoms with E-state index in [-0.39, 0.29) is 19.0 Å². The first-order valence-electron chi connectivity index (χ1n) is 5.31. The van der Waals surface area contributed by atoms with Crippen LogP contribution < -0.4 is 4.74 Å². The van der Waals surface area contributed by atoms with E-state index in [2.05, 4.69) is 21.1 Å². The highest BCUT2D eigenvalue weighted by atomic mass is 79.9. The number of methoxy groups -OCH3 is 1. The molecule has 4 nitrogen and oxygen atoms in total. The van der Waals surface area contributed by atoms with E-state index < -0.39 is 11.6 Å². The van der Waals surface area contributed by atoms with E-state index in [1.54, 1.807) is 6.07 Å². The first kappa shape index (κ1) is 14.0. The quantitative estimate of drug-likeness (QED) is 0.786. The Balaban J connectivity index is 2.05. The van der Waals surface area contributed by atoms with Crippen LogP contribution in [0.5, 0.6) is 5.75 Å². The fourth-order valence-corrected chi connectivity index (χ4v) is 1.83. The van der Waals surface area contributed by atoms with Gasteiger partial charge in [0.15, 0.2) is 17.3 Å². The summed E-state index contributed by atoms with van der Waals surface area (Å²) in [5.74, 6) is -1.68. The molecule has 2 aromatic rings. The zero-order valence-electron chi connectivity index (χ0n) is 9.95. The number of halogens is 3. The van der Waals surface area contributed by atoms with Crippen molar-refractivity contribution >= 4 is 15.9 Å². The summed E-state index contributed by atoms with van der Waals surface area (Å²) in [6.07, 6.45) is 0. The van der Waals surface area contributed by atoms with Crippen molar-refractivity contribution < 1.29 is 22.8 Å². The lowest BCUT2D eigenvalue weighted by atomic mass is 10.3. The van der Waals surface area contributed by atoms with Gasteiger partial charge >= 0.3 is 0 Å². The number of hydrogen-bond acceptors (Lipinski definition) is 4. The van der Waals surface area contributed by atoms with Gasteiger partial charge in [0, 0.05) is 17.6 Å². The highest BCUT2D eigenvalue weighted by Gasteiger charge is 2.12. The molecule has 0 saturated heterocycles. The highest BCUT2D eigenvalue weighted by molar-refractivity contribution is 9.10. The van der Waals surface area contributed by atoms with Crippen LogP contribution in [0.1, 0.15) is 11.5 Å². The van der Waals surface area contributed by atoms with Crippen molar-refractivity contribution in [2.75, 3.05) is 7.11 Å². The van der Waals surface area contributed by atoms with Gasteiger partial charge in [-0.25, -0.2) is 4.39 Å². The monoisotopic (exact) mass is 333 g/mol. The third-order valence-electron chi connectivity index (χ3n) is 2.23. The molecule has 0 atom stereocenters. The molecule has 0 N–H and O–H groups in total. The third-order valence-corrected chi connectivity index (χ3v) is 2.69. The van der Waals surface area contributed by atoms with Crippen LogP contribution in [-0.2, 0) is 18.0 Å². The fraction of sp³-hybridized carbons (Fsp3) is 0.250. The largest absolute Gasteiger partial charge is 0.484 e. The van der Waals surface area contributed by atoms with Crippen LogP contribution in [-0.4, -0.2) is 12.3 Å². The number of aromatic nitrogens is 1. The van der Waals surface area contributed by atoms with Gasteiger partial charge in [0.25, 0.3) is 0 Å². The van der Waals surface area contributed by atoms with Gasteiger partial charge in [-0.05, 0) is 12.1 Å². The average Bonchev–Trinajstić information content (AvgIpc) is 2.80. The Kier molecular flexibility index (Phi) is 4.49. The minimum Gasteiger partial charge on any atom is -0.484 e. The van der Waals surface area contributed by atoms with E-state index in [0.29, 0.717) is 15.9 Å². The van der Waals surface area contributed by atoms with Gasteiger partial charge in [-0.3, -0.25) is 0 Å². The number of rotatable bonds is 5. The zero-order valence-corrected chi connectivity index (χ0v) is 11.5. The van der Waals surface area contributed by atoms with Crippen LogP contribution in [0.15, 0.2) is 27.2 Å². The molecule has 0 saturated carbocycles. The molecule has 102 valence electrons. The van der Waals surface area contributed by atoms with E-state index in [9.17, 15) is 8.78 Å². The van der Waals surface area contributed by atoms with E-state index in [1.807, 2.05) is 0 Å². The standard InChI is InChI=1S/C12H10BrF2NO3/c1-17-6-9-4-8(16-19-9)5-18-11-3-7(13)2-10(14)12(11)15/h2-4H,5-6H2,1H3. The Labute approximate surface area is 116 Å². The molecular formula is C12H10BrF2NO3. The predicted molar refractivity (Wildman–Crippen MR) is 65.6 cm³/mol. The van der Waals surface area contributed by atoms with Crippen molar-refractivity contribution in [1.82, 2.24) is 5.16 Å². The minimum absolute atomic E-state index is 0.0278. The third kappa shape index (κ3) is 3.51. The maximum atomic E-state index is 13.4. The average molecular weight is 334 g/mol. The van der Waals surface area contributed by atoms with Crippen LogP contribution >= 0.6 is 15.9 Å². The van der Waals surface area contributed by atoms with Gasteiger partial charge in [-0.2, -0.15) is 4.39 Å². The van der Waals surface area contributed by atoms with Gasteiger partial charge in [-0.1, -0.05) is 21.1 Å². The minimum atomic E-state index is -1.04. The van der Waals surface area contributed by atoms with Crippen LogP contribution in [0.4, 0.5) is 8.78 Å². The molecule has 0 amide bonds. The molecular weight excluding hydrogens is 324 g/mol. The number of nitrogens with zero attached hydrogens (tertiary/aromatic N) is 1. The number of hydrogen-bond donors (Lipinski definition) is 0. The molecule has 0 fully saturated rings. The summed E-state index contributed by atoms with van der Waals surface area (Å²) >= 11 is 3.06. The van der Waals surface area contributed by atoms with Crippen molar-refractivity contribution in [3.63, 3.8) is 0 Å². The first-order valence-corrected chi connectivity index (χ1v) is 6.10. The summed E-state index contributed by atoms with van der Waals surface area (Å²) in [6, 6.07) is 3.99. The summed E-state index contributed by atoms with van der Waals surface area (Å²) in [6.45, 7) is 0.257. The summed E-state index contributed by atoms with van der Waals surface area (Å²) in [5.41, 5.74) is 0.465. The first-order chi connectivity index (χ1) is 9.10. The normalized spacial score (nSPS) is 10.7. The van der Waals surface area contributed by atoms with Crippen molar-refractivity contribution in [3.05, 3.63) is 45.8 Å². The van der Waals surface area contributed by atoms with Gasteiger partial charge in [-0.15, -0.1) is 0 Å². The lowest BCUT2D eigenvalue weighted by Crippen LogP contribution is -1.99. The second kappa shape index (κ2) is 6.12. The molecule has 2 rings (SSSR count). The molecule has 0 aliphatic rings. The van der Waals surface area contributed by atoms with Crippen LogP contribution in [0.25, 0.3) is 0 Å². The Morgan fingerprint density at radius 1 is 1.26 bits per heavy atom. The summed E-state index contributed by atoms with van der Waals surface area (Å²) in [5, 5.41) is 3.72. The van der Waals surface area contributed by atoms with Crippen molar-refractivity contribution in [2.45, 2.75) is 13.2 Å². The summed E-state index contributed by atoms with van der Waals surface area (Å²) < 4.78 is 41.9. The molecule has 0 radical (unpaired) electrons. The zero-order chi connectivity index (χ0) is 13.8. The molecule has 0 spiro atoms. The topological polar surface area (TPSA) is 44.5 Å². The van der Waals surface area contributed by atoms with E-state index in [4.69, 9.17) is 14.0 Å². The number of ether oxygens (including phenoxy) is 2. The Morgan fingerprint density at radius 3 is 2.79 bits per heavy atom. The SMILES string of the molecule is COCc1cc(COc2cc(Br)cc(F)c2F)no1. The van der Waals surface area contributed by atoms with Crippen molar-refractivity contribution in [2.24, 2.45) is 0 Å². The Morgan fingerprint density at radius 2 is 2.05 bits per heavy atom. The molecule has 1 heterocycles. The molecule has 19 heavy (non-hydrogen) atoms. The fourth-order valence-electron chi connectivity index (χ4n) is 1.42. The molecule has 0 unspecified atom stereocenters. The molecule has 0 bridgehead atoms. The summed E-state index contributed by atoms with van der Waals surface area (Å²) in [4.78, 5) is 0. The molecule has 1 aromatic heterocycles. The molecule has 0 aliphatic heterocycles. The van der Waals surface area contributed by atoms with Crippen LogP contribution in [0.2, 0.25) is 0 Å². The van der Waals surface area contributed by atoms with Crippen molar-refractivity contribution in [1.29, 1.82) is 0 Å². The number of benzene rings is 1. The molecule has 7 heteroatoms. The van der Waals surface area contributed by atoms with Crippen molar-refractivity contribution in [3.8, 4) is 5.75 Å². The van der Waals surface area contributed by atoms with E-state index in [0.717, 1.165) is 6.07 Å². The second-order valence-electron chi connectivity index (χ2n) is 3.71. The van der Waals surface area contributed by atoms with Crippen LogP contribution in [0.3, 0.4) is 0 Å². The lowest BCUT2D eigenvalue weighted by Gasteiger charge is -2.06. The second-order valence-corrected chi connectivity index (χ2v) is 4.62. The van der Waals surface area contributed by atoms with Gasteiger partial charge < -0.3 is 14.0 Å². The highest BCUT2D eigenvalue weighted by Crippen LogP contribution is 2.26. The van der Waals surface area contributed by atoms with Crippen LogP contribution in [0, 0.1) is 11.6 Å². The summed E-state index contributed by atoms with van der Waals surface area (Å²) in [7, 11) is 1.53. The van der Waals surface area contributed by atoms with Gasteiger partial charge in [0.2, 0.25) is 5.82 Å². The smallest absolute Gasteiger partial charge is 0.200 e. The Bertz CT molecular complexity index is 574. The molecule has 1 aromatic carbocycles. The van der Waals surface area contributed by atoms with Gasteiger partial charge in [0.05, 0.1) is 0 Å². The van der Waals surface area contributed by atoms with Gasteiger partial charge in [0.1, 0.15) is 18.9 Å². The predicted octanol–water partition coefficient (Wildman–Crippen LogP) is 3.44. The molecule has 0 aliphatic carbocycles. The lowest BCUT2D eigenvalue weighted by molar-refractivity contribution is 0.155. The van der Waals surface area contributed by atoms with E-state index in [1.165, 1.54) is 13.2 Å². The maximum Gasteiger partial charge on any atom is 0.200 e. The maximum absolute atomic E-state index is 13.4.